The van der Waals surface area contributed by atoms with Crippen molar-refractivity contribution in [2.75, 3.05) is 0 Å². The van der Waals surface area contributed by atoms with Crippen LogP contribution in [0.5, 0.6) is 0 Å². The molecule has 0 saturated carbocycles. The fourth-order valence-corrected chi connectivity index (χ4v) is 2.67. The summed E-state index contributed by atoms with van der Waals surface area (Å²) in [7, 11) is 0. The zero-order chi connectivity index (χ0) is 18.1. The van der Waals surface area contributed by atoms with Gasteiger partial charge in [0.1, 0.15) is 5.84 Å². The highest BCUT2D eigenvalue weighted by Crippen LogP contribution is 2.11. The Kier molecular flexibility index (Phi) is 7.26. The van der Waals surface area contributed by atoms with Gasteiger partial charge >= 0.3 is 0 Å². The molecule has 2 aromatic heterocycles. The molecule has 5 nitrogen and oxygen atoms in total. The number of nitrogens with zero attached hydrogens (tertiary/aromatic N) is 2. The Morgan fingerprint density at radius 1 is 0.800 bits per heavy atom. The molecule has 0 spiro atoms. The van der Waals surface area contributed by atoms with Crippen molar-refractivity contribution in [2.45, 2.75) is 51.9 Å². The first-order valence-corrected chi connectivity index (χ1v) is 8.86. The molecular formula is C20H27N5. The predicted octanol–water partition coefficient (Wildman–Crippen LogP) is 3.88. The molecule has 0 amide bonds. The van der Waals surface area contributed by atoms with Gasteiger partial charge in [0.2, 0.25) is 0 Å². The second-order valence-electron chi connectivity index (χ2n) is 6.38. The molecule has 0 aliphatic carbocycles. The van der Waals surface area contributed by atoms with Crippen LogP contribution in [0.1, 0.15) is 61.5 Å². The van der Waals surface area contributed by atoms with Crippen LogP contribution < -0.4 is 5.73 Å². The van der Waals surface area contributed by atoms with E-state index in [1.54, 1.807) is 19.3 Å². The van der Waals surface area contributed by atoms with E-state index in [1.807, 2.05) is 24.3 Å². The van der Waals surface area contributed by atoms with E-state index in [2.05, 4.69) is 9.97 Å². The molecule has 0 aliphatic rings. The van der Waals surface area contributed by atoms with Crippen molar-refractivity contribution < 1.29 is 0 Å². The Hall–Kier alpha value is -2.56. The van der Waals surface area contributed by atoms with Gasteiger partial charge in [-0.15, -0.1) is 0 Å². The quantitative estimate of drug-likeness (QED) is 0.348. The van der Waals surface area contributed by atoms with Gasteiger partial charge < -0.3 is 11.1 Å². The molecule has 0 saturated heterocycles. The van der Waals surface area contributed by atoms with Gasteiger partial charge in [0.05, 0.1) is 0 Å². The third-order valence-corrected chi connectivity index (χ3v) is 4.26. The largest absolute Gasteiger partial charge is 0.384 e. The van der Waals surface area contributed by atoms with Crippen LogP contribution in [-0.4, -0.2) is 21.5 Å². The van der Waals surface area contributed by atoms with E-state index in [0.717, 1.165) is 42.6 Å². The lowest BCUT2D eigenvalue weighted by Crippen LogP contribution is -2.11. The molecule has 0 unspecified atom stereocenters. The van der Waals surface area contributed by atoms with Crippen LogP contribution in [0, 0.1) is 10.8 Å². The van der Waals surface area contributed by atoms with Crippen molar-refractivity contribution >= 4 is 11.5 Å². The van der Waals surface area contributed by atoms with Crippen molar-refractivity contribution in [3.63, 3.8) is 0 Å². The third kappa shape index (κ3) is 6.45. The van der Waals surface area contributed by atoms with Gasteiger partial charge in [-0.2, -0.15) is 0 Å². The molecule has 25 heavy (non-hydrogen) atoms. The number of hydrogen-bond acceptors (Lipinski definition) is 4. The molecule has 0 aromatic carbocycles. The minimum Gasteiger partial charge on any atom is -0.384 e. The Labute approximate surface area is 149 Å². The monoisotopic (exact) mass is 337 g/mol. The van der Waals surface area contributed by atoms with E-state index >= 15 is 0 Å². The Morgan fingerprint density at radius 2 is 1.28 bits per heavy atom. The molecular weight excluding hydrogens is 310 g/mol. The van der Waals surface area contributed by atoms with E-state index < -0.39 is 0 Å². The van der Waals surface area contributed by atoms with Crippen LogP contribution in [-0.2, 0) is 12.8 Å². The molecule has 5 heteroatoms. The number of amidine groups is 1. The van der Waals surface area contributed by atoms with Gasteiger partial charge in [-0.25, -0.2) is 0 Å². The van der Waals surface area contributed by atoms with Crippen LogP contribution in [0.25, 0.3) is 0 Å². The molecule has 4 N–H and O–H groups in total. The highest BCUT2D eigenvalue weighted by atomic mass is 14.7. The zero-order valence-electron chi connectivity index (χ0n) is 14.9. The average Bonchev–Trinajstić information content (AvgIpc) is 2.61. The predicted molar refractivity (Wildman–Crippen MR) is 102 cm³/mol. The van der Waals surface area contributed by atoms with E-state index in [1.165, 1.54) is 19.3 Å². The molecule has 2 aromatic rings. The van der Waals surface area contributed by atoms with Crippen molar-refractivity contribution in [3.05, 3.63) is 59.2 Å². The number of rotatable bonds is 10. The van der Waals surface area contributed by atoms with Gasteiger partial charge in [0.15, 0.2) is 0 Å². The summed E-state index contributed by atoms with van der Waals surface area (Å²) < 4.78 is 0. The second kappa shape index (κ2) is 9.67. The standard InChI is InChI=1S/C20H27N5/c1-15(21)16-9-11-18(24-13-16)7-5-3-2-4-6-8-19-12-10-17(14-25-19)20(22)23/h9-14,21H,2-8H2,1H3,(H3,22,23). The molecule has 0 fully saturated rings. The number of nitrogens with two attached hydrogens (primary N) is 1. The first kappa shape index (κ1) is 18.8. The second-order valence-corrected chi connectivity index (χ2v) is 6.38. The smallest absolute Gasteiger partial charge is 0.124 e. The number of nitrogens with one attached hydrogen (secondary N) is 2. The first-order chi connectivity index (χ1) is 12.1. The maximum absolute atomic E-state index is 7.57. The van der Waals surface area contributed by atoms with Gasteiger partial charge in [0, 0.05) is 40.6 Å². The van der Waals surface area contributed by atoms with E-state index in [4.69, 9.17) is 16.6 Å². The number of unbranched alkanes of at least 4 members (excludes halogenated alkanes) is 4. The summed E-state index contributed by atoms with van der Waals surface area (Å²) in [6, 6.07) is 7.84. The highest BCUT2D eigenvalue weighted by Gasteiger charge is 2.00. The van der Waals surface area contributed by atoms with Crippen molar-refractivity contribution in [1.82, 2.24) is 9.97 Å². The van der Waals surface area contributed by atoms with Gasteiger partial charge in [-0.1, -0.05) is 19.3 Å². The number of aryl methyl sites for hydroxylation is 2. The summed E-state index contributed by atoms with van der Waals surface area (Å²) in [6.07, 6.45) is 11.4. The normalized spacial score (nSPS) is 10.6. The average molecular weight is 337 g/mol. The van der Waals surface area contributed by atoms with Crippen LogP contribution in [0.15, 0.2) is 36.7 Å². The third-order valence-electron chi connectivity index (χ3n) is 4.26. The summed E-state index contributed by atoms with van der Waals surface area (Å²) in [5, 5.41) is 14.9. The van der Waals surface area contributed by atoms with Crippen molar-refractivity contribution in [3.8, 4) is 0 Å². The first-order valence-electron chi connectivity index (χ1n) is 8.86. The Balaban J connectivity index is 1.57. The minimum atomic E-state index is 0.0659. The maximum Gasteiger partial charge on any atom is 0.124 e. The van der Waals surface area contributed by atoms with Crippen LogP contribution in [0.4, 0.5) is 0 Å². The summed E-state index contributed by atoms with van der Waals surface area (Å²) in [5.74, 6) is 0.0659. The molecule has 0 aliphatic heterocycles. The van der Waals surface area contributed by atoms with Crippen molar-refractivity contribution in [2.24, 2.45) is 5.73 Å². The lowest BCUT2D eigenvalue weighted by molar-refractivity contribution is 0.607. The molecule has 0 bridgehead atoms. The van der Waals surface area contributed by atoms with Gasteiger partial charge in [-0.05, 0) is 56.9 Å². The van der Waals surface area contributed by atoms with Gasteiger partial charge in [0.25, 0.3) is 0 Å². The number of nitrogen functional groups attached to an aromatic ring is 1. The molecule has 0 atom stereocenters. The maximum atomic E-state index is 7.57. The molecule has 2 heterocycles. The molecule has 2 rings (SSSR count). The van der Waals surface area contributed by atoms with Gasteiger partial charge in [-0.3, -0.25) is 15.4 Å². The minimum absolute atomic E-state index is 0.0659. The van der Waals surface area contributed by atoms with Crippen LogP contribution in [0.2, 0.25) is 0 Å². The number of aromatic nitrogens is 2. The Bertz CT molecular complexity index is 628. The molecule has 132 valence electrons. The summed E-state index contributed by atoms with van der Waals surface area (Å²) in [6.45, 7) is 1.78. The van der Waals surface area contributed by atoms with E-state index in [9.17, 15) is 0 Å². The Morgan fingerprint density at radius 3 is 1.68 bits per heavy atom. The summed E-state index contributed by atoms with van der Waals surface area (Å²) in [4.78, 5) is 8.77. The highest BCUT2D eigenvalue weighted by molar-refractivity contribution is 5.95. The lowest BCUT2D eigenvalue weighted by Gasteiger charge is -2.04. The SMILES string of the molecule is CC(=N)c1ccc(CCCCCCCc2ccc(C(=N)N)cn2)nc1. The summed E-state index contributed by atoms with van der Waals surface area (Å²) in [5.41, 5.74) is 9.74. The number of pyridine rings is 2. The summed E-state index contributed by atoms with van der Waals surface area (Å²) >= 11 is 0. The lowest BCUT2D eigenvalue weighted by atomic mass is 10.1. The fourth-order valence-electron chi connectivity index (χ4n) is 2.67. The van der Waals surface area contributed by atoms with Crippen LogP contribution >= 0.6 is 0 Å². The zero-order valence-corrected chi connectivity index (χ0v) is 14.9. The van der Waals surface area contributed by atoms with E-state index in [-0.39, 0.29) is 5.84 Å². The number of hydrogen-bond donors (Lipinski definition) is 3. The fraction of sp³-hybridized carbons (Fsp3) is 0.400. The van der Waals surface area contributed by atoms with Crippen LogP contribution in [0.3, 0.4) is 0 Å². The van der Waals surface area contributed by atoms with E-state index in [0.29, 0.717) is 11.3 Å². The topological polar surface area (TPSA) is 99.5 Å². The molecule has 0 radical (unpaired) electrons. The van der Waals surface area contributed by atoms with Crippen molar-refractivity contribution in [1.29, 1.82) is 10.8 Å².